The monoisotopic (exact) mass is 1010 g/mol. The second kappa shape index (κ2) is 60.9. The molecular weight excluding hydrogens is 901 g/mol. The van der Waals surface area contributed by atoms with Crippen LogP contribution in [0.5, 0.6) is 0 Å². The van der Waals surface area contributed by atoms with Gasteiger partial charge < -0.3 is 14.2 Å². The summed E-state index contributed by atoms with van der Waals surface area (Å²) in [5.74, 6) is -0.901. The van der Waals surface area contributed by atoms with Crippen LogP contribution in [0.2, 0.25) is 0 Å². The molecule has 0 aliphatic rings. The first-order chi connectivity index (χ1) is 36.0. The van der Waals surface area contributed by atoms with Crippen molar-refractivity contribution in [1.82, 2.24) is 0 Å². The number of hydrogen-bond donors (Lipinski definition) is 0. The van der Waals surface area contributed by atoms with Crippen LogP contribution in [0.3, 0.4) is 0 Å². The number of rotatable bonds is 55. The van der Waals surface area contributed by atoms with E-state index in [1.54, 1.807) is 0 Å². The first-order valence-electron chi connectivity index (χ1n) is 30.7. The van der Waals surface area contributed by atoms with Crippen molar-refractivity contribution in [3.05, 3.63) is 97.2 Å². The van der Waals surface area contributed by atoms with E-state index in [1.165, 1.54) is 128 Å². The predicted molar refractivity (Wildman–Crippen MR) is 316 cm³/mol. The molecule has 0 aliphatic heterocycles. The molecular formula is C67H114O6. The van der Waals surface area contributed by atoms with Gasteiger partial charge in [0.1, 0.15) is 13.2 Å². The Labute approximate surface area is 451 Å². The molecule has 0 aromatic rings. The maximum Gasteiger partial charge on any atom is 0.306 e. The van der Waals surface area contributed by atoms with Crippen LogP contribution in [0.1, 0.15) is 290 Å². The summed E-state index contributed by atoms with van der Waals surface area (Å²) in [6.07, 6.45) is 81.1. The predicted octanol–water partition coefficient (Wildman–Crippen LogP) is 20.9. The Morgan fingerprint density at radius 2 is 0.562 bits per heavy atom. The average Bonchev–Trinajstić information content (AvgIpc) is 3.39. The molecule has 1 atom stereocenters. The lowest BCUT2D eigenvalue weighted by Gasteiger charge is -2.18. The molecule has 73 heavy (non-hydrogen) atoms. The van der Waals surface area contributed by atoms with Crippen molar-refractivity contribution in [2.45, 2.75) is 297 Å². The second-order valence-electron chi connectivity index (χ2n) is 20.2. The minimum Gasteiger partial charge on any atom is -0.462 e. The van der Waals surface area contributed by atoms with Crippen molar-refractivity contribution < 1.29 is 28.6 Å². The van der Waals surface area contributed by atoms with Crippen LogP contribution in [-0.2, 0) is 28.6 Å². The van der Waals surface area contributed by atoms with E-state index >= 15 is 0 Å². The molecule has 0 aromatic heterocycles. The number of unbranched alkanes of at least 4 members (excludes halogenated alkanes) is 28. The molecule has 1 unspecified atom stereocenters. The van der Waals surface area contributed by atoms with Crippen LogP contribution in [0, 0.1) is 0 Å². The molecule has 0 radical (unpaired) electrons. The highest BCUT2D eigenvalue weighted by molar-refractivity contribution is 5.71. The number of hydrogen-bond acceptors (Lipinski definition) is 6. The van der Waals surface area contributed by atoms with Crippen molar-refractivity contribution in [2.24, 2.45) is 0 Å². The summed E-state index contributed by atoms with van der Waals surface area (Å²) in [7, 11) is 0. The van der Waals surface area contributed by atoms with E-state index in [0.29, 0.717) is 19.3 Å². The van der Waals surface area contributed by atoms with E-state index in [-0.39, 0.29) is 31.1 Å². The van der Waals surface area contributed by atoms with E-state index in [4.69, 9.17) is 14.2 Å². The third kappa shape index (κ3) is 59.1. The van der Waals surface area contributed by atoms with Gasteiger partial charge >= 0.3 is 17.9 Å². The summed E-state index contributed by atoms with van der Waals surface area (Å²) in [4.78, 5) is 38.3. The maximum atomic E-state index is 12.9. The van der Waals surface area contributed by atoms with E-state index < -0.39 is 6.10 Å². The van der Waals surface area contributed by atoms with Gasteiger partial charge in [-0.15, -0.1) is 0 Å². The lowest BCUT2D eigenvalue weighted by molar-refractivity contribution is -0.167. The second-order valence-corrected chi connectivity index (χ2v) is 20.2. The molecule has 0 heterocycles. The zero-order valence-electron chi connectivity index (χ0n) is 47.9. The van der Waals surface area contributed by atoms with Gasteiger partial charge in [-0.3, -0.25) is 14.4 Å². The number of carbonyl (C=O) groups excluding carboxylic acids is 3. The average molecular weight is 1020 g/mol. The summed E-state index contributed by atoms with van der Waals surface area (Å²) < 4.78 is 16.9. The number of ether oxygens (including phenoxy) is 3. The fraction of sp³-hybridized carbons (Fsp3) is 0.716. The highest BCUT2D eigenvalue weighted by Crippen LogP contribution is 2.16. The molecule has 418 valence electrons. The minimum atomic E-state index is -0.789. The quantitative estimate of drug-likeness (QED) is 0.0261. The molecule has 6 nitrogen and oxygen atoms in total. The molecule has 0 N–H and O–H groups in total. The normalized spacial score (nSPS) is 12.8. The van der Waals surface area contributed by atoms with Crippen molar-refractivity contribution >= 4 is 17.9 Å². The Hall–Kier alpha value is -3.67. The number of esters is 3. The summed E-state index contributed by atoms with van der Waals surface area (Å²) >= 11 is 0. The Bertz CT molecular complexity index is 1440. The van der Waals surface area contributed by atoms with Gasteiger partial charge in [-0.25, -0.2) is 0 Å². The van der Waals surface area contributed by atoms with Gasteiger partial charge in [0.2, 0.25) is 0 Å². The SMILES string of the molecule is CC/C=C\C/C=C\C/C=C\C/C=C\CCCCCCCCCCCCC(=O)OCC(COC(=O)CCCCCCC/C=C\C/C=C\CCC)OC(=O)CCCCCCCCCCC/C=C\C/C=C\CCCCC. The number of carbonyl (C=O) groups is 3. The fourth-order valence-corrected chi connectivity index (χ4v) is 8.44. The van der Waals surface area contributed by atoms with Crippen molar-refractivity contribution in [3.63, 3.8) is 0 Å². The molecule has 0 aliphatic carbocycles. The van der Waals surface area contributed by atoms with Crippen molar-refractivity contribution in [1.29, 1.82) is 0 Å². The Balaban J connectivity index is 4.35. The molecule has 0 saturated carbocycles. The zero-order chi connectivity index (χ0) is 52.9. The highest BCUT2D eigenvalue weighted by atomic mass is 16.6. The highest BCUT2D eigenvalue weighted by Gasteiger charge is 2.19. The van der Waals surface area contributed by atoms with Gasteiger partial charge in [0.15, 0.2) is 6.10 Å². The van der Waals surface area contributed by atoms with Gasteiger partial charge in [-0.05, 0) is 116 Å². The van der Waals surface area contributed by atoms with E-state index in [2.05, 4.69) is 118 Å². The van der Waals surface area contributed by atoms with Crippen LogP contribution in [0.25, 0.3) is 0 Å². The van der Waals surface area contributed by atoms with Gasteiger partial charge in [0.05, 0.1) is 0 Å². The molecule has 6 heteroatoms. The van der Waals surface area contributed by atoms with Gasteiger partial charge in [0.25, 0.3) is 0 Å². The van der Waals surface area contributed by atoms with Crippen molar-refractivity contribution in [3.8, 4) is 0 Å². The lowest BCUT2D eigenvalue weighted by atomic mass is 10.1. The molecule has 0 saturated heterocycles. The molecule has 0 aromatic carbocycles. The Morgan fingerprint density at radius 3 is 0.890 bits per heavy atom. The largest absolute Gasteiger partial charge is 0.462 e. The smallest absolute Gasteiger partial charge is 0.306 e. The first-order valence-corrected chi connectivity index (χ1v) is 30.7. The third-order valence-corrected chi connectivity index (χ3v) is 13.0. The third-order valence-electron chi connectivity index (χ3n) is 13.0. The Kier molecular flexibility index (Phi) is 57.8. The standard InChI is InChI=1S/C67H114O6/c1-4-7-10-13-16-19-22-25-27-29-31-32-33-34-36-37-39-42-45-48-51-54-57-60-66(69)72-63-64(62-71-65(68)59-56-53-50-47-44-41-24-21-18-15-12-9-6-3)73-67(70)61-58-55-52-49-46-43-40-38-35-30-28-26-23-20-17-14-11-8-5-2/h7,10,12,15-17,19-21,24-28,31-32,64H,4-6,8-9,11,13-14,18,22-23,29-30,33-63H2,1-3H3/b10-7-,15-12-,19-16-,20-17-,24-21-,27-25-,28-26-,32-31-. The van der Waals surface area contributed by atoms with Gasteiger partial charge in [-0.2, -0.15) is 0 Å². The molecule has 0 amide bonds. The van der Waals surface area contributed by atoms with Crippen LogP contribution in [0.4, 0.5) is 0 Å². The van der Waals surface area contributed by atoms with Crippen molar-refractivity contribution in [2.75, 3.05) is 13.2 Å². The summed E-state index contributed by atoms with van der Waals surface area (Å²) in [6.45, 7) is 6.44. The molecule has 0 bridgehead atoms. The first kappa shape index (κ1) is 69.3. The van der Waals surface area contributed by atoms with Gasteiger partial charge in [-0.1, -0.05) is 253 Å². The Morgan fingerprint density at radius 1 is 0.288 bits per heavy atom. The zero-order valence-corrected chi connectivity index (χ0v) is 47.9. The maximum absolute atomic E-state index is 12.9. The summed E-state index contributed by atoms with van der Waals surface area (Å²) in [5, 5.41) is 0. The number of allylic oxidation sites excluding steroid dienone is 16. The van der Waals surface area contributed by atoms with Crippen LogP contribution >= 0.6 is 0 Å². The van der Waals surface area contributed by atoms with Crippen LogP contribution in [-0.4, -0.2) is 37.2 Å². The summed E-state index contributed by atoms with van der Waals surface area (Å²) in [6, 6.07) is 0. The van der Waals surface area contributed by atoms with E-state index in [0.717, 1.165) is 122 Å². The van der Waals surface area contributed by atoms with E-state index in [1.807, 2.05) is 0 Å². The van der Waals surface area contributed by atoms with Crippen LogP contribution in [0.15, 0.2) is 97.2 Å². The van der Waals surface area contributed by atoms with Crippen LogP contribution < -0.4 is 0 Å². The van der Waals surface area contributed by atoms with E-state index in [9.17, 15) is 14.4 Å². The summed E-state index contributed by atoms with van der Waals surface area (Å²) in [5.41, 5.74) is 0. The minimum absolute atomic E-state index is 0.0857. The fourth-order valence-electron chi connectivity index (χ4n) is 8.44. The van der Waals surface area contributed by atoms with Gasteiger partial charge in [0, 0.05) is 19.3 Å². The molecule has 0 fully saturated rings. The molecule has 0 spiro atoms. The topological polar surface area (TPSA) is 78.9 Å². The molecule has 0 rings (SSSR count). The lowest BCUT2D eigenvalue weighted by Crippen LogP contribution is -2.30.